The molecule has 144 valence electrons. The number of rotatable bonds is 5. The molecule has 0 aliphatic carbocycles. The van der Waals surface area contributed by atoms with Crippen molar-refractivity contribution in [2.24, 2.45) is 0 Å². The van der Waals surface area contributed by atoms with Gasteiger partial charge in [0.15, 0.2) is 5.75 Å². The van der Waals surface area contributed by atoms with Crippen molar-refractivity contribution < 1.29 is 18.1 Å². The van der Waals surface area contributed by atoms with Gasteiger partial charge in [-0.05, 0) is 31.2 Å². The van der Waals surface area contributed by atoms with E-state index in [1.54, 1.807) is 0 Å². The lowest BCUT2D eigenvalue weighted by Crippen LogP contribution is -2.48. The minimum absolute atomic E-state index is 0.0307. The van der Waals surface area contributed by atoms with Gasteiger partial charge in [0.1, 0.15) is 0 Å². The van der Waals surface area contributed by atoms with Crippen LogP contribution in [-0.4, -0.2) is 50.9 Å². The standard InChI is InChI=1S/C18H21N3O5S/c1-14-3-5-15(6-4-14)19-9-11-20(12-10-19)27(24,25)16-7-8-18(26-2)17(13-16)21(22)23/h3-8,13H,9-12H2,1-2H3. The zero-order chi connectivity index (χ0) is 19.6. The summed E-state index contributed by atoms with van der Waals surface area (Å²) in [7, 11) is -2.50. The second-order valence-corrected chi connectivity index (χ2v) is 8.26. The van der Waals surface area contributed by atoms with E-state index in [9.17, 15) is 18.5 Å². The molecule has 1 aliphatic heterocycles. The van der Waals surface area contributed by atoms with E-state index in [2.05, 4.69) is 4.90 Å². The molecule has 0 aromatic heterocycles. The second kappa shape index (κ2) is 7.53. The molecule has 0 unspecified atom stereocenters. The van der Waals surface area contributed by atoms with E-state index in [1.807, 2.05) is 31.2 Å². The summed E-state index contributed by atoms with van der Waals surface area (Å²) in [5.74, 6) is 0.0307. The summed E-state index contributed by atoms with van der Waals surface area (Å²) >= 11 is 0. The van der Waals surface area contributed by atoms with E-state index in [1.165, 1.54) is 29.1 Å². The number of piperazine rings is 1. The van der Waals surface area contributed by atoms with Crippen LogP contribution in [0, 0.1) is 17.0 Å². The molecule has 8 nitrogen and oxygen atoms in total. The normalized spacial score (nSPS) is 15.6. The Morgan fingerprint density at radius 3 is 2.22 bits per heavy atom. The van der Waals surface area contributed by atoms with E-state index < -0.39 is 14.9 Å². The lowest BCUT2D eigenvalue weighted by molar-refractivity contribution is -0.386. The molecule has 0 amide bonds. The maximum absolute atomic E-state index is 12.9. The van der Waals surface area contributed by atoms with Crippen LogP contribution in [-0.2, 0) is 10.0 Å². The van der Waals surface area contributed by atoms with Crippen molar-refractivity contribution in [3.63, 3.8) is 0 Å². The van der Waals surface area contributed by atoms with Gasteiger partial charge in [-0.15, -0.1) is 0 Å². The third-order valence-corrected chi connectivity index (χ3v) is 6.52. The third kappa shape index (κ3) is 3.88. The maximum atomic E-state index is 12.9. The zero-order valence-electron chi connectivity index (χ0n) is 15.2. The molecule has 1 fully saturated rings. The predicted molar refractivity (Wildman–Crippen MR) is 102 cm³/mol. The van der Waals surface area contributed by atoms with Gasteiger partial charge in [0.05, 0.1) is 16.9 Å². The number of methoxy groups -OCH3 is 1. The number of ether oxygens (including phenoxy) is 1. The summed E-state index contributed by atoms with van der Waals surface area (Å²) in [6, 6.07) is 11.8. The lowest BCUT2D eigenvalue weighted by Gasteiger charge is -2.35. The molecule has 3 rings (SSSR count). The fourth-order valence-electron chi connectivity index (χ4n) is 3.06. The molecule has 0 saturated carbocycles. The molecule has 1 heterocycles. The van der Waals surface area contributed by atoms with Gasteiger partial charge < -0.3 is 9.64 Å². The largest absolute Gasteiger partial charge is 0.490 e. The van der Waals surface area contributed by atoms with Gasteiger partial charge in [0.25, 0.3) is 0 Å². The quantitative estimate of drug-likeness (QED) is 0.574. The Bertz CT molecular complexity index is 936. The van der Waals surface area contributed by atoms with E-state index in [0.717, 1.165) is 11.8 Å². The van der Waals surface area contributed by atoms with Crippen molar-refractivity contribution in [1.82, 2.24) is 4.31 Å². The van der Waals surface area contributed by atoms with Gasteiger partial charge in [-0.25, -0.2) is 8.42 Å². The predicted octanol–water partition coefficient (Wildman–Crippen LogP) is 2.42. The average Bonchev–Trinajstić information content (AvgIpc) is 2.68. The third-order valence-electron chi connectivity index (χ3n) is 4.62. The molecule has 27 heavy (non-hydrogen) atoms. The summed E-state index contributed by atoms with van der Waals surface area (Å²) in [6.07, 6.45) is 0. The topological polar surface area (TPSA) is 93.0 Å². The molecule has 2 aromatic carbocycles. The first-order chi connectivity index (χ1) is 12.8. The highest BCUT2D eigenvalue weighted by atomic mass is 32.2. The van der Waals surface area contributed by atoms with E-state index in [4.69, 9.17) is 4.74 Å². The van der Waals surface area contributed by atoms with Crippen LogP contribution >= 0.6 is 0 Å². The fraction of sp³-hybridized carbons (Fsp3) is 0.333. The molecule has 0 spiro atoms. The van der Waals surface area contributed by atoms with Crippen LogP contribution < -0.4 is 9.64 Å². The molecule has 9 heteroatoms. The maximum Gasteiger partial charge on any atom is 0.312 e. The monoisotopic (exact) mass is 391 g/mol. The Labute approximate surface area is 158 Å². The SMILES string of the molecule is COc1ccc(S(=O)(=O)N2CCN(c3ccc(C)cc3)CC2)cc1[N+](=O)[O-]. The molecule has 0 atom stereocenters. The number of anilines is 1. The van der Waals surface area contributed by atoms with Crippen LogP contribution in [0.1, 0.15) is 5.56 Å². The zero-order valence-corrected chi connectivity index (χ0v) is 16.0. The molecule has 0 bridgehead atoms. The number of nitrogens with zero attached hydrogens (tertiary/aromatic N) is 3. The first-order valence-electron chi connectivity index (χ1n) is 8.47. The Hall–Kier alpha value is -2.65. The van der Waals surface area contributed by atoms with Gasteiger partial charge in [-0.1, -0.05) is 17.7 Å². The van der Waals surface area contributed by atoms with E-state index >= 15 is 0 Å². The minimum atomic E-state index is -3.81. The Balaban J connectivity index is 1.78. The van der Waals surface area contributed by atoms with Crippen molar-refractivity contribution in [2.75, 3.05) is 38.2 Å². The first-order valence-corrected chi connectivity index (χ1v) is 9.91. The summed E-state index contributed by atoms with van der Waals surface area (Å²) in [5, 5.41) is 11.2. The fourth-order valence-corrected chi connectivity index (χ4v) is 4.51. The second-order valence-electron chi connectivity index (χ2n) is 6.32. The molecule has 0 N–H and O–H groups in total. The van der Waals surface area contributed by atoms with Crippen LogP contribution in [0.2, 0.25) is 0 Å². The highest BCUT2D eigenvalue weighted by Gasteiger charge is 2.30. The number of benzene rings is 2. The van der Waals surface area contributed by atoms with Gasteiger partial charge in [-0.3, -0.25) is 10.1 Å². The van der Waals surface area contributed by atoms with Crippen LogP contribution in [0.4, 0.5) is 11.4 Å². The van der Waals surface area contributed by atoms with Crippen molar-refractivity contribution in [3.8, 4) is 5.75 Å². The van der Waals surface area contributed by atoms with Crippen LogP contribution in [0.25, 0.3) is 0 Å². The first kappa shape index (κ1) is 19.1. The van der Waals surface area contributed by atoms with E-state index in [0.29, 0.717) is 26.2 Å². The molecular weight excluding hydrogens is 370 g/mol. The van der Waals surface area contributed by atoms with Crippen molar-refractivity contribution in [3.05, 3.63) is 58.1 Å². The van der Waals surface area contributed by atoms with Gasteiger partial charge in [-0.2, -0.15) is 4.31 Å². The Morgan fingerprint density at radius 1 is 1.04 bits per heavy atom. The van der Waals surface area contributed by atoms with Gasteiger partial charge in [0.2, 0.25) is 10.0 Å². The minimum Gasteiger partial charge on any atom is -0.490 e. The van der Waals surface area contributed by atoms with Crippen molar-refractivity contribution in [2.45, 2.75) is 11.8 Å². The number of hydrogen-bond donors (Lipinski definition) is 0. The van der Waals surface area contributed by atoms with Crippen molar-refractivity contribution >= 4 is 21.4 Å². The molecule has 2 aromatic rings. The van der Waals surface area contributed by atoms with Gasteiger partial charge >= 0.3 is 5.69 Å². The summed E-state index contributed by atoms with van der Waals surface area (Å²) < 4.78 is 32.1. The van der Waals surface area contributed by atoms with Crippen LogP contribution in [0.5, 0.6) is 5.75 Å². The van der Waals surface area contributed by atoms with Crippen molar-refractivity contribution in [1.29, 1.82) is 0 Å². The number of nitro benzene ring substituents is 1. The highest BCUT2D eigenvalue weighted by molar-refractivity contribution is 7.89. The van der Waals surface area contributed by atoms with Crippen LogP contribution in [0.3, 0.4) is 0 Å². The molecule has 1 saturated heterocycles. The summed E-state index contributed by atoms with van der Waals surface area (Å²) in [6.45, 7) is 3.76. The molecule has 0 radical (unpaired) electrons. The summed E-state index contributed by atoms with van der Waals surface area (Å²) in [5.41, 5.74) is 1.86. The Morgan fingerprint density at radius 2 is 1.67 bits per heavy atom. The molecule has 1 aliphatic rings. The highest BCUT2D eigenvalue weighted by Crippen LogP contribution is 2.31. The number of nitro groups is 1. The Kier molecular flexibility index (Phi) is 5.33. The van der Waals surface area contributed by atoms with Crippen LogP contribution in [0.15, 0.2) is 47.4 Å². The number of sulfonamides is 1. The van der Waals surface area contributed by atoms with Gasteiger partial charge in [0, 0.05) is 37.9 Å². The smallest absolute Gasteiger partial charge is 0.312 e. The lowest BCUT2D eigenvalue weighted by atomic mass is 10.2. The average molecular weight is 391 g/mol. The number of hydrogen-bond acceptors (Lipinski definition) is 6. The summed E-state index contributed by atoms with van der Waals surface area (Å²) in [4.78, 5) is 12.6. The number of aryl methyl sites for hydroxylation is 1. The van der Waals surface area contributed by atoms with E-state index in [-0.39, 0.29) is 16.3 Å². The molecular formula is C18H21N3O5S.